The molecule has 1 aromatic carbocycles. The van der Waals surface area contributed by atoms with Gasteiger partial charge in [0.25, 0.3) is 0 Å². The third-order valence-corrected chi connectivity index (χ3v) is 4.50. The molecule has 1 aromatic rings. The predicted octanol–water partition coefficient (Wildman–Crippen LogP) is 3.86. The van der Waals surface area contributed by atoms with E-state index >= 15 is 0 Å². The zero-order chi connectivity index (χ0) is 13.7. The number of hydrogen-bond acceptors (Lipinski definition) is 3. The minimum atomic E-state index is 0.671. The summed E-state index contributed by atoms with van der Waals surface area (Å²) in [6.45, 7) is 8.60. The molecule has 0 spiro atoms. The van der Waals surface area contributed by atoms with Crippen LogP contribution in [0.4, 0.5) is 0 Å². The van der Waals surface area contributed by atoms with E-state index in [2.05, 4.69) is 55.3 Å². The van der Waals surface area contributed by atoms with E-state index < -0.39 is 0 Å². The summed E-state index contributed by atoms with van der Waals surface area (Å²) in [5.41, 5.74) is 2.72. The standard InChI is InChI=1S/C16H24N2S/c1-4-13-5-7-14(8-6-13)10-17-16-18-11-15(19-16)9-12(2)3/h5-8,12,15H,4,9-11H2,1-3H3,(H,17,18). The largest absolute Gasteiger partial charge is 0.361 e. The Bertz CT molecular complexity index is 423. The van der Waals surface area contributed by atoms with Crippen LogP contribution >= 0.6 is 11.8 Å². The molecule has 1 N–H and O–H groups in total. The molecule has 0 fully saturated rings. The van der Waals surface area contributed by atoms with E-state index in [9.17, 15) is 0 Å². The Morgan fingerprint density at radius 1 is 1.26 bits per heavy atom. The Kier molecular flexibility index (Phi) is 5.32. The number of benzene rings is 1. The lowest BCUT2D eigenvalue weighted by Gasteiger charge is -2.11. The summed E-state index contributed by atoms with van der Waals surface area (Å²) in [6, 6.07) is 8.83. The summed E-state index contributed by atoms with van der Waals surface area (Å²) in [5.74, 6) is 0.758. The van der Waals surface area contributed by atoms with Crippen LogP contribution < -0.4 is 5.32 Å². The van der Waals surface area contributed by atoms with Crippen LogP contribution in [-0.4, -0.2) is 17.0 Å². The fourth-order valence-electron chi connectivity index (χ4n) is 2.23. The monoisotopic (exact) mass is 276 g/mol. The molecule has 1 heterocycles. The lowest BCUT2D eigenvalue weighted by molar-refractivity contribution is 0.575. The normalized spacial score (nSPS) is 18.7. The van der Waals surface area contributed by atoms with E-state index in [-0.39, 0.29) is 0 Å². The average Bonchev–Trinajstić information content (AvgIpc) is 2.84. The quantitative estimate of drug-likeness (QED) is 0.883. The highest BCUT2D eigenvalue weighted by molar-refractivity contribution is 8.14. The molecular weight excluding hydrogens is 252 g/mol. The highest BCUT2D eigenvalue weighted by atomic mass is 32.2. The molecule has 0 aliphatic carbocycles. The van der Waals surface area contributed by atoms with Gasteiger partial charge in [-0.05, 0) is 29.9 Å². The van der Waals surface area contributed by atoms with E-state index in [4.69, 9.17) is 0 Å². The molecule has 0 bridgehead atoms. The van der Waals surface area contributed by atoms with Crippen molar-refractivity contribution < 1.29 is 0 Å². The van der Waals surface area contributed by atoms with Crippen LogP contribution in [-0.2, 0) is 13.0 Å². The first kappa shape index (κ1) is 14.4. The summed E-state index contributed by atoms with van der Waals surface area (Å²) >= 11 is 1.90. The molecule has 1 aliphatic rings. The van der Waals surface area contributed by atoms with Gasteiger partial charge in [-0.2, -0.15) is 0 Å². The number of thioether (sulfide) groups is 1. The third kappa shape index (κ3) is 4.57. The third-order valence-electron chi connectivity index (χ3n) is 3.33. The molecule has 1 unspecified atom stereocenters. The second-order valence-electron chi connectivity index (χ2n) is 5.54. The molecule has 0 radical (unpaired) electrons. The topological polar surface area (TPSA) is 24.4 Å². The summed E-state index contributed by atoms with van der Waals surface area (Å²) in [4.78, 5) is 4.59. The first-order valence-electron chi connectivity index (χ1n) is 7.20. The minimum Gasteiger partial charge on any atom is -0.361 e. The number of rotatable bonds is 5. The molecule has 1 aliphatic heterocycles. The average molecular weight is 276 g/mol. The lowest BCUT2D eigenvalue weighted by atomic mass is 10.1. The van der Waals surface area contributed by atoms with E-state index in [1.165, 1.54) is 17.5 Å². The van der Waals surface area contributed by atoms with Gasteiger partial charge in [-0.1, -0.05) is 56.8 Å². The van der Waals surface area contributed by atoms with Crippen molar-refractivity contribution in [3.63, 3.8) is 0 Å². The maximum absolute atomic E-state index is 4.59. The zero-order valence-electron chi connectivity index (χ0n) is 12.1. The molecule has 0 aromatic heterocycles. The van der Waals surface area contributed by atoms with Gasteiger partial charge in [0, 0.05) is 11.8 Å². The molecule has 2 nitrogen and oxygen atoms in total. The van der Waals surface area contributed by atoms with Crippen molar-refractivity contribution in [2.75, 3.05) is 6.54 Å². The fourth-order valence-corrected chi connectivity index (χ4v) is 3.48. The molecule has 2 rings (SSSR count). The van der Waals surface area contributed by atoms with E-state index in [1.807, 2.05) is 11.8 Å². The number of nitrogens with one attached hydrogen (secondary N) is 1. The van der Waals surface area contributed by atoms with E-state index in [1.54, 1.807) is 0 Å². The number of amidine groups is 1. The SMILES string of the molecule is CCc1ccc(CNC2=NCC(CC(C)C)S2)cc1. The number of aryl methyl sites for hydroxylation is 1. The molecule has 1 atom stereocenters. The van der Waals surface area contributed by atoms with Crippen molar-refractivity contribution in [3.8, 4) is 0 Å². The van der Waals surface area contributed by atoms with Gasteiger partial charge in [0.15, 0.2) is 5.17 Å². The summed E-state index contributed by atoms with van der Waals surface area (Å²) in [5, 5.41) is 5.24. The van der Waals surface area contributed by atoms with Crippen LogP contribution in [0.15, 0.2) is 29.3 Å². The van der Waals surface area contributed by atoms with Crippen LogP contribution in [0.3, 0.4) is 0 Å². The van der Waals surface area contributed by atoms with Crippen molar-refractivity contribution in [3.05, 3.63) is 35.4 Å². The Morgan fingerprint density at radius 2 is 1.95 bits per heavy atom. The van der Waals surface area contributed by atoms with Gasteiger partial charge in [0.05, 0.1) is 6.54 Å². The fraction of sp³-hybridized carbons (Fsp3) is 0.562. The second kappa shape index (κ2) is 6.99. The summed E-state index contributed by atoms with van der Waals surface area (Å²) in [6.07, 6.45) is 2.36. The molecule has 0 amide bonds. The van der Waals surface area contributed by atoms with Crippen LogP contribution in [0.5, 0.6) is 0 Å². The zero-order valence-corrected chi connectivity index (χ0v) is 13.0. The smallest absolute Gasteiger partial charge is 0.157 e. The lowest BCUT2D eigenvalue weighted by Crippen LogP contribution is -2.19. The molecule has 104 valence electrons. The van der Waals surface area contributed by atoms with Gasteiger partial charge in [0.1, 0.15) is 0 Å². The van der Waals surface area contributed by atoms with Crippen molar-refractivity contribution in [2.24, 2.45) is 10.9 Å². The molecule has 0 saturated carbocycles. The minimum absolute atomic E-state index is 0.671. The number of aliphatic imine (C=N–C) groups is 1. The maximum atomic E-state index is 4.59. The molecule has 19 heavy (non-hydrogen) atoms. The highest BCUT2D eigenvalue weighted by Gasteiger charge is 2.20. The Balaban J connectivity index is 1.77. The maximum Gasteiger partial charge on any atom is 0.157 e. The molecular formula is C16H24N2S. The van der Waals surface area contributed by atoms with Crippen molar-refractivity contribution in [1.82, 2.24) is 5.32 Å². The Hall–Kier alpha value is -0.960. The Labute approximate surface area is 121 Å². The van der Waals surface area contributed by atoms with Crippen molar-refractivity contribution in [2.45, 2.75) is 45.4 Å². The van der Waals surface area contributed by atoms with Crippen molar-refractivity contribution >= 4 is 16.9 Å². The van der Waals surface area contributed by atoms with E-state index in [0.29, 0.717) is 5.25 Å². The Morgan fingerprint density at radius 3 is 2.58 bits per heavy atom. The first-order chi connectivity index (χ1) is 9.17. The summed E-state index contributed by atoms with van der Waals surface area (Å²) < 4.78 is 0. The number of hydrogen-bond donors (Lipinski definition) is 1. The summed E-state index contributed by atoms with van der Waals surface area (Å²) in [7, 11) is 0. The van der Waals surface area contributed by atoms with Crippen molar-refractivity contribution in [1.29, 1.82) is 0 Å². The molecule has 3 heteroatoms. The van der Waals surface area contributed by atoms with Gasteiger partial charge in [-0.25, -0.2) is 0 Å². The van der Waals surface area contributed by atoms with Crippen LogP contribution in [0, 0.1) is 5.92 Å². The predicted molar refractivity (Wildman–Crippen MR) is 85.8 cm³/mol. The van der Waals surface area contributed by atoms with Gasteiger partial charge in [-0.15, -0.1) is 0 Å². The van der Waals surface area contributed by atoms with Gasteiger partial charge >= 0.3 is 0 Å². The van der Waals surface area contributed by atoms with Gasteiger partial charge in [0.2, 0.25) is 0 Å². The number of nitrogens with zero attached hydrogens (tertiary/aromatic N) is 1. The van der Waals surface area contributed by atoms with Gasteiger partial charge in [-0.3, -0.25) is 4.99 Å². The van der Waals surface area contributed by atoms with Gasteiger partial charge < -0.3 is 5.32 Å². The van der Waals surface area contributed by atoms with Crippen LogP contribution in [0.1, 0.15) is 38.3 Å². The molecule has 0 saturated heterocycles. The van der Waals surface area contributed by atoms with E-state index in [0.717, 1.165) is 30.6 Å². The second-order valence-corrected chi connectivity index (χ2v) is 6.83. The van der Waals surface area contributed by atoms with Crippen LogP contribution in [0.2, 0.25) is 0 Å². The first-order valence-corrected chi connectivity index (χ1v) is 8.08. The highest BCUT2D eigenvalue weighted by Crippen LogP contribution is 2.25. The van der Waals surface area contributed by atoms with Crippen LogP contribution in [0.25, 0.3) is 0 Å².